The minimum Gasteiger partial charge on any atom is -0.350 e. The van der Waals surface area contributed by atoms with Crippen molar-refractivity contribution in [3.05, 3.63) is 33.8 Å². The zero-order valence-electron chi connectivity index (χ0n) is 10.3. The first-order valence-corrected chi connectivity index (χ1v) is 6.27. The van der Waals surface area contributed by atoms with Crippen LogP contribution in [0.1, 0.15) is 24.2 Å². The smallest absolute Gasteiger partial charge is 0.252 e. The van der Waals surface area contributed by atoms with Gasteiger partial charge in [0.2, 0.25) is 0 Å². The molecule has 0 aliphatic rings. The highest BCUT2D eigenvalue weighted by Gasteiger charge is 2.12. The Morgan fingerprint density at radius 3 is 2.67 bits per heavy atom. The molecule has 2 N–H and O–H groups in total. The van der Waals surface area contributed by atoms with Crippen LogP contribution in [0, 0.1) is 0 Å². The molecule has 0 aliphatic carbocycles. The zero-order valence-corrected chi connectivity index (χ0v) is 12.6. The SMILES string of the molecule is CCN[C@H](C)CNC(=O)c1cccc(Cl)c1Cl.Cl. The van der Waals surface area contributed by atoms with Gasteiger partial charge in [-0.05, 0) is 25.6 Å². The van der Waals surface area contributed by atoms with E-state index in [1.54, 1.807) is 18.2 Å². The normalized spacial score (nSPS) is 11.6. The fourth-order valence-electron chi connectivity index (χ4n) is 1.44. The molecule has 1 aromatic rings. The van der Waals surface area contributed by atoms with Crippen LogP contribution < -0.4 is 10.6 Å². The van der Waals surface area contributed by atoms with E-state index >= 15 is 0 Å². The minimum absolute atomic E-state index is 0. The van der Waals surface area contributed by atoms with E-state index in [1.807, 2.05) is 13.8 Å². The molecule has 0 spiro atoms. The first-order valence-electron chi connectivity index (χ1n) is 5.51. The van der Waals surface area contributed by atoms with Gasteiger partial charge in [0.25, 0.3) is 5.91 Å². The lowest BCUT2D eigenvalue weighted by atomic mass is 10.2. The van der Waals surface area contributed by atoms with Crippen molar-refractivity contribution in [1.29, 1.82) is 0 Å². The van der Waals surface area contributed by atoms with Gasteiger partial charge in [-0.1, -0.05) is 36.2 Å². The number of rotatable bonds is 5. The number of nitrogens with one attached hydrogen (secondary N) is 2. The highest BCUT2D eigenvalue weighted by Crippen LogP contribution is 2.25. The van der Waals surface area contributed by atoms with E-state index in [4.69, 9.17) is 23.2 Å². The van der Waals surface area contributed by atoms with Gasteiger partial charge >= 0.3 is 0 Å². The largest absolute Gasteiger partial charge is 0.350 e. The second-order valence-electron chi connectivity index (χ2n) is 3.77. The van der Waals surface area contributed by atoms with Gasteiger partial charge in [-0.2, -0.15) is 0 Å². The topological polar surface area (TPSA) is 41.1 Å². The van der Waals surface area contributed by atoms with Crippen molar-refractivity contribution in [2.45, 2.75) is 19.9 Å². The van der Waals surface area contributed by atoms with Crippen molar-refractivity contribution in [1.82, 2.24) is 10.6 Å². The van der Waals surface area contributed by atoms with Crippen LogP contribution in [0.2, 0.25) is 10.0 Å². The van der Waals surface area contributed by atoms with Gasteiger partial charge < -0.3 is 10.6 Å². The molecule has 102 valence electrons. The quantitative estimate of drug-likeness (QED) is 0.877. The highest BCUT2D eigenvalue weighted by atomic mass is 35.5. The minimum atomic E-state index is -0.206. The fraction of sp³-hybridized carbons (Fsp3) is 0.417. The van der Waals surface area contributed by atoms with Crippen molar-refractivity contribution in [3.8, 4) is 0 Å². The van der Waals surface area contributed by atoms with E-state index in [-0.39, 0.29) is 24.4 Å². The van der Waals surface area contributed by atoms with Crippen molar-refractivity contribution >= 4 is 41.5 Å². The molecule has 0 heterocycles. The number of halogens is 3. The number of benzene rings is 1. The summed E-state index contributed by atoms with van der Waals surface area (Å²) >= 11 is 11.8. The van der Waals surface area contributed by atoms with E-state index in [0.29, 0.717) is 22.2 Å². The standard InChI is InChI=1S/C12H16Cl2N2O.ClH/c1-3-15-8(2)7-16-12(17)9-5-4-6-10(13)11(9)14;/h4-6,8,15H,3,7H2,1-2H3,(H,16,17);1H/t8-;/m1./s1. The average molecular weight is 312 g/mol. The van der Waals surface area contributed by atoms with Crippen LogP contribution in [0.25, 0.3) is 0 Å². The Morgan fingerprint density at radius 1 is 1.39 bits per heavy atom. The zero-order chi connectivity index (χ0) is 12.8. The highest BCUT2D eigenvalue weighted by molar-refractivity contribution is 6.43. The van der Waals surface area contributed by atoms with Crippen LogP contribution in [0.5, 0.6) is 0 Å². The van der Waals surface area contributed by atoms with Gasteiger partial charge in [0, 0.05) is 12.6 Å². The lowest BCUT2D eigenvalue weighted by Crippen LogP contribution is -2.38. The predicted molar refractivity (Wildman–Crippen MR) is 79.2 cm³/mol. The predicted octanol–water partition coefficient (Wildman–Crippen LogP) is 3.14. The molecule has 0 unspecified atom stereocenters. The number of amides is 1. The van der Waals surface area contributed by atoms with E-state index < -0.39 is 0 Å². The average Bonchev–Trinajstić information content (AvgIpc) is 2.30. The van der Waals surface area contributed by atoms with Crippen LogP contribution in [0.15, 0.2) is 18.2 Å². The third-order valence-corrected chi connectivity index (χ3v) is 3.14. The van der Waals surface area contributed by atoms with Crippen LogP contribution >= 0.6 is 35.6 Å². The Hall–Kier alpha value is -0.480. The molecule has 1 aromatic carbocycles. The fourth-order valence-corrected chi connectivity index (χ4v) is 1.83. The molecule has 0 saturated carbocycles. The molecule has 3 nitrogen and oxygen atoms in total. The summed E-state index contributed by atoms with van der Waals surface area (Å²) in [5, 5.41) is 6.69. The monoisotopic (exact) mass is 310 g/mol. The molecule has 0 saturated heterocycles. The van der Waals surface area contributed by atoms with Gasteiger partial charge in [0.1, 0.15) is 0 Å². The van der Waals surface area contributed by atoms with Crippen molar-refractivity contribution in [3.63, 3.8) is 0 Å². The van der Waals surface area contributed by atoms with Crippen molar-refractivity contribution in [2.24, 2.45) is 0 Å². The third-order valence-electron chi connectivity index (χ3n) is 2.32. The van der Waals surface area contributed by atoms with Crippen LogP contribution in [-0.2, 0) is 0 Å². The molecule has 0 bridgehead atoms. The Kier molecular flexibility index (Phi) is 8.36. The summed E-state index contributed by atoms with van der Waals surface area (Å²) in [5.41, 5.74) is 0.405. The first-order chi connectivity index (χ1) is 8.06. The van der Waals surface area contributed by atoms with Crippen LogP contribution in [0.3, 0.4) is 0 Å². The molecule has 0 aromatic heterocycles. The molecule has 0 fully saturated rings. The molecule has 18 heavy (non-hydrogen) atoms. The summed E-state index contributed by atoms with van der Waals surface area (Å²) in [4.78, 5) is 11.8. The van der Waals surface area contributed by atoms with Crippen molar-refractivity contribution in [2.75, 3.05) is 13.1 Å². The van der Waals surface area contributed by atoms with E-state index in [0.717, 1.165) is 6.54 Å². The Balaban J connectivity index is 0.00000289. The van der Waals surface area contributed by atoms with Gasteiger partial charge in [-0.15, -0.1) is 12.4 Å². The van der Waals surface area contributed by atoms with Crippen LogP contribution in [-0.4, -0.2) is 25.0 Å². The third kappa shape index (κ3) is 5.02. The molecule has 1 rings (SSSR count). The van der Waals surface area contributed by atoms with Crippen LogP contribution in [0.4, 0.5) is 0 Å². The van der Waals surface area contributed by atoms with E-state index in [1.165, 1.54) is 0 Å². The Morgan fingerprint density at radius 2 is 2.06 bits per heavy atom. The number of hydrogen-bond donors (Lipinski definition) is 2. The Labute approximate surface area is 124 Å². The van der Waals surface area contributed by atoms with Gasteiger partial charge in [-0.25, -0.2) is 0 Å². The second kappa shape index (κ2) is 8.59. The molecule has 0 aliphatic heterocycles. The Bertz CT molecular complexity index is 399. The summed E-state index contributed by atoms with van der Waals surface area (Å²) in [6, 6.07) is 5.24. The number of carbonyl (C=O) groups is 1. The first kappa shape index (κ1) is 17.5. The molecule has 1 atom stereocenters. The summed E-state index contributed by atoms with van der Waals surface area (Å²) in [6.07, 6.45) is 0. The number of hydrogen-bond acceptors (Lipinski definition) is 2. The lowest BCUT2D eigenvalue weighted by Gasteiger charge is -2.13. The molecule has 6 heteroatoms. The van der Waals surface area contributed by atoms with E-state index in [2.05, 4.69) is 10.6 Å². The summed E-state index contributed by atoms with van der Waals surface area (Å²) < 4.78 is 0. The molecular weight excluding hydrogens is 295 g/mol. The molecule has 1 amide bonds. The van der Waals surface area contributed by atoms with Gasteiger partial charge in [0.05, 0.1) is 15.6 Å². The van der Waals surface area contributed by atoms with Gasteiger partial charge in [0.15, 0.2) is 0 Å². The summed E-state index contributed by atoms with van der Waals surface area (Å²) in [6.45, 7) is 5.44. The number of likely N-dealkylation sites (N-methyl/N-ethyl adjacent to an activating group) is 1. The molecular formula is C12H17Cl3N2O. The lowest BCUT2D eigenvalue weighted by molar-refractivity contribution is 0.0950. The van der Waals surface area contributed by atoms with E-state index in [9.17, 15) is 4.79 Å². The van der Waals surface area contributed by atoms with Crippen molar-refractivity contribution < 1.29 is 4.79 Å². The summed E-state index contributed by atoms with van der Waals surface area (Å²) in [7, 11) is 0. The van der Waals surface area contributed by atoms with Gasteiger partial charge in [-0.3, -0.25) is 4.79 Å². The number of carbonyl (C=O) groups excluding carboxylic acids is 1. The maximum absolute atomic E-state index is 11.8. The maximum atomic E-state index is 11.8. The maximum Gasteiger partial charge on any atom is 0.252 e. The second-order valence-corrected chi connectivity index (χ2v) is 4.56. The molecule has 0 radical (unpaired) electrons. The summed E-state index contributed by atoms with van der Waals surface area (Å²) in [5.74, 6) is -0.206.